The summed E-state index contributed by atoms with van der Waals surface area (Å²) in [5.41, 5.74) is 0.634. The van der Waals surface area contributed by atoms with E-state index in [2.05, 4.69) is 10.2 Å². The molecule has 0 aliphatic carbocycles. The van der Waals surface area contributed by atoms with Crippen LogP contribution in [0.25, 0.3) is 0 Å². The van der Waals surface area contributed by atoms with Gasteiger partial charge in [-0.25, -0.2) is 9.49 Å². The first-order valence-corrected chi connectivity index (χ1v) is 6.53. The van der Waals surface area contributed by atoms with Gasteiger partial charge in [-0.15, -0.1) is 5.10 Å². The minimum absolute atomic E-state index is 0.198. The highest BCUT2D eigenvalue weighted by Crippen LogP contribution is 2.19. The van der Waals surface area contributed by atoms with Gasteiger partial charge in [-0.3, -0.25) is 4.57 Å². The van der Waals surface area contributed by atoms with Gasteiger partial charge >= 0.3 is 0 Å². The van der Waals surface area contributed by atoms with Crippen molar-refractivity contribution in [2.75, 3.05) is 11.9 Å². The van der Waals surface area contributed by atoms with Crippen molar-refractivity contribution in [1.82, 2.24) is 14.8 Å². The Morgan fingerprint density at radius 1 is 1.42 bits per heavy atom. The molecule has 1 aromatic carbocycles. The molecule has 0 aliphatic heterocycles. The SMILES string of the molecule is CC(C)n1c(N(C)Cc2ccccc2F)n[nH]c1=S. The number of aromatic nitrogens is 3. The van der Waals surface area contributed by atoms with Gasteiger partial charge < -0.3 is 4.90 Å². The molecule has 0 radical (unpaired) electrons. The molecule has 0 saturated carbocycles. The first kappa shape index (κ1) is 13.7. The van der Waals surface area contributed by atoms with Gasteiger partial charge in [-0.2, -0.15) is 0 Å². The van der Waals surface area contributed by atoms with Crippen LogP contribution in [-0.2, 0) is 6.54 Å². The van der Waals surface area contributed by atoms with Crippen LogP contribution in [0.1, 0.15) is 25.5 Å². The zero-order chi connectivity index (χ0) is 14.0. The van der Waals surface area contributed by atoms with Crippen molar-refractivity contribution in [3.63, 3.8) is 0 Å². The van der Waals surface area contributed by atoms with Crippen molar-refractivity contribution in [2.24, 2.45) is 0 Å². The molecule has 6 heteroatoms. The van der Waals surface area contributed by atoms with Crippen LogP contribution < -0.4 is 4.90 Å². The van der Waals surface area contributed by atoms with E-state index in [-0.39, 0.29) is 11.9 Å². The lowest BCUT2D eigenvalue weighted by atomic mass is 10.2. The zero-order valence-corrected chi connectivity index (χ0v) is 12.0. The number of halogens is 1. The van der Waals surface area contributed by atoms with E-state index in [1.165, 1.54) is 6.07 Å². The summed E-state index contributed by atoms with van der Waals surface area (Å²) in [4.78, 5) is 1.88. The van der Waals surface area contributed by atoms with Crippen molar-refractivity contribution >= 4 is 18.2 Å². The van der Waals surface area contributed by atoms with E-state index >= 15 is 0 Å². The number of hydrogen-bond acceptors (Lipinski definition) is 3. The highest BCUT2D eigenvalue weighted by atomic mass is 32.1. The fraction of sp³-hybridized carbons (Fsp3) is 0.385. The monoisotopic (exact) mass is 280 g/mol. The first-order valence-electron chi connectivity index (χ1n) is 6.12. The standard InChI is InChI=1S/C13H17FN4S/c1-9(2)18-12(15-16-13(18)19)17(3)8-10-6-4-5-7-11(10)14/h4-7,9H,8H2,1-3H3,(H,16,19). The molecule has 0 atom stereocenters. The number of aromatic amines is 1. The molecule has 4 nitrogen and oxygen atoms in total. The molecule has 19 heavy (non-hydrogen) atoms. The maximum absolute atomic E-state index is 13.6. The smallest absolute Gasteiger partial charge is 0.226 e. The summed E-state index contributed by atoms with van der Waals surface area (Å²) >= 11 is 5.20. The van der Waals surface area contributed by atoms with Crippen LogP contribution >= 0.6 is 12.2 Å². The van der Waals surface area contributed by atoms with Gasteiger partial charge in [-0.1, -0.05) is 18.2 Å². The Labute approximate surface area is 116 Å². The molecular weight excluding hydrogens is 263 g/mol. The number of hydrogen-bond donors (Lipinski definition) is 1. The number of nitrogens with one attached hydrogen (secondary N) is 1. The van der Waals surface area contributed by atoms with Crippen molar-refractivity contribution in [3.8, 4) is 0 Å². The van der Waals surface area contributed by atoms with Crippen LogP contribution in [0.3, 0.4) is 0 Å². The van der Waals surface area contributed by atoms with Gasteiger partial charge in [0.2, 0.25) is 5.95 Å². The molecule has 0 amide bonds. The van der Waals surface area contributed by atoms with Crippen LogP contribution in [0.5, 0.6) is 0 Å². The molecule has 0 fully saturated rings. The second kappa shape index (κ2) is 5.52. The van der Waals surface area contributed by atoms with Gasteiger partial charge in [0.15, 0.2) is 4.77 Å². The summed E-state index contributed by atoms with van der Waals surface area (Å²) in [6.07, 6.45) is 0. The first-order chi connectivity index (χ1) is 9.00. The van der Waals surface area contributed by atoms with Crippen LogP contribution in [-0.4, -0.2) is 21.8 Å². The Morgan fingerprint density at radius 3 is 2.74 bits per heavy atom. The summed E-state index contributed by atoms with van der Waals surface area (Å²) in [6, 6.07) is 6.94. The Balaban J connectivity index is 2.28. The molecule has 2 aromatic rings. The average molecular weight is 280 g/mol. The predicted molar refractivity (Wildman–Crippen MR) is 76.3 cm³/mol. The third-order valence-electron chi connectivity index (χ3n) is 2.91. The Hall–Kier alpha value is -1.69. The summed E-state index contributed by atoms with van der Waals surface area (Å²) in [7, 11) is 1.87. The predicted octanol–water partition coefficient (Wildman–Crippen LogP) is 3.30. The molecule has 1 N–H and O–H groups in total. The van der Waals surface area contributed by atoms with E-state index in [0.29, 0.717) is 22.8 Å². The van der Waals surface area contributed by atoms with Crippen LogP contribution in [0.15, 0.2) is 24.3 Å². The quantitative estimate of drug-likeness (QED) is 0.873. The van der Waals surface area contributed by atoms with Crippen molar-refractivity contribution in [1.29, 1.82) is 0 Å². The number of nitrogens with zero attached hydrogens (tertiary/aromatic N) is 3. The van der Waals surface area contributed by atoms with E-state index in [1.54, 1.807) is 12.1 Å². The highest BCUT2D eigenvalue weighted by molar-refractivity contribution is 7.71. The van der Waals surface area contributed by atoms with E-state index < -0.39 is 0 Å². The molecule has 102 valence electrons. The second-order valence-corrected chi connectivity index (χ2v) is 5.13. The number of rotatable bonds is 4. The van der Waals surface area contributed by atoms with Gasteiger partial charge in [0, 0.05) is 25.2 Å². The minimum Gasteiger partial charge on any atom is -0.340 e. The van der Waals surface area contributed by atoms with E-state index in [1.807, 2.05) is 36.4 Å². The molecule has 0 saturated heterocycles. The normalized spacial score (nSPS) is 11.0. The van der Waals surface area contributed by atoms with Crippen molar-refractivity contribution in [2.45, 2.75) is 26.4 Å². The Kier molecular flexibility index (Phi) is 3.99. The fourth-order valence-corrected chi connectivity index (χ4v) is 2.32. The topological polar surface area (TPSA) is 36.9 Å². The van der Waals surface area contributed by atoms with Crippen molar-refractivity contribution < 1.29 is 4.39 Å². The van der Waals surface area contributed by atoms with Gasteiger partial charge in [-0.05, 0) is 32.1 Å². The number of H-pyrrole nitrogens is 1. The lowest BCUT2D eigenvalue weighted by Gasteiger charge is -2.20. The molecule has 0 spiro atoms. The van der Waals surface area contributed by atoms with Gasteiger partial charge in [0.05, 0.1) is 0 Å². The largest absolute Gasteiger partial charge is 0.340 e. The molecule has 0 aliphatic rings. The zero-order valence-electron chi connectivity index (χ0n) is 11.2. The van der Waals surface area contributed by atoms with Crippen LogP contribution in [0, 0.1) is 10.6 Å². The molecule has 0 bridgehead atoms. The fourth-order valence-electron chi connectivity index (χ4n) is 1.98. The third kappa shape index (κ3) is 2.84. The van der Waals surface area contributed by atoms with Crippen LogP contribution in [0.4, 0.5) is 10.3 Å². The third-order valence-corrected chi connectivity index (χ3v) is 3.20. The molecular formula is C13H17FN4S. The maximum atomic E-state index is 13.6. The number of benzene rings is 1. The van der Waals surface area contributed by atoms with Crippen LogP contribution in [0.2, 0.25) is 0 Å². The lowest BCUT2D eigenvalue weighted by Crippen LogP contribution is -2.22. The summed E-state index contributed by atoms with van der Waals surface area (Å²) in [6.45, 7) is 4.51. The van der Waals surface area contributed by atoms with E-state index in [4.69, 9.17) is 12.2 Å². The van der Waals surface area contributed by atoms with Gasteiger partial charge in [0.25, 0.3) is 0 Å². The molecule has 1 heterocycles. The lowest BCUT2D eigenvalue weighted by molar-refractivity contribution is 0.577. The maximum Gasteiger partial charge on any atom is 0.226 e. The molecule has 2 rings (SSSR count). The molecule has 1 aromatic heterocycles. The Morgan fingerprint density at radius 2 is 2.11 bits per heavy atom. The summed E-state index contributed by atoms with van der Waals surface area (Å²) in [5, 5.41) is 6.99. The van der Waals surface area contributed by atoms with E-state index in [0.717, 1.165) is 0 Å². The Bertz CT molecular complexity index is 617. The van der Waals surface area contributed by atoms with Crippen molar-refractivity contribution in [3.05, 3.63) is 40.4 Å². The second-order valence-electron chi connectivity index (χ2n) is 4.74. The summed E-state index contributed by atoms with van der Waals surface area (Å²) in [5.74, 6) is 0.503. The minimum atomic E-state index is -0.209. The number of anilines is 1. The summed E-state index contributed by atoms with van der Waals surface area (Å²) < 4.78 is 16.1. The highest BCUT2D eigenvalue weighted by Gasteiger charge is 2.14. The van der Waals surface area contributed by atoms with E-state index in [9.17, 15) is 4.39 Å². The van der Waals surface area contributed by atoms with Gasteiger partial charge in [0.1, 0.15) is 5.82 Å². The molecule has 0 unspecified atom stereocenters. The average Bonchev–Trinajstić information content (AvgIpc) is 2.74.